The van der Waals surface area contributed by atoms with Gasteiger partial charge in [0.2, 0.25) is 0 Å². The first kappa shape index (κ1) is 12.3. The minimum absolute atomic E-state index is 0.0157. The summed E-state index contributed by atoms with van der Waals surface area (Å²) in [4.78, 5) is 4.01. The summed E-state index contributed by atoms with van der Waals surface area (Å²) < 4.78 is 0. The van der Waals surface area contributed by atoms with Crippen LogP contribution in [0.25, 0.3) is 0 Å². The highest BCUT2D eigenvalue weighted by molar-refractivity contribution is 6.30. The van der Waals surface area contributed by atoms with Crippen molar-refractivity contribution in [2.45, 2.75) is 0 Å². The molecule has 4 nitrogen and oxygen atoms in total. The van der Waals surface area contributed by atoms with E-state index in [-0.39, 0.29) is 22.9 Å². The largest absolute Gasteiger partial charge is 0.508 e. The van der Waals surface area contributed by atoms with Gasteiger partial charge in [-0.3, -0.25) is 4.99 Å². The van der Waals surface area contributed by atoms with Crippen LogP contribution in [0.4, 0.5) is 5.69 Å². The Balaban J connectivity index is 2.35. The standard InChI is InChI=1S/C13H10ClNO3/c14-9-1-3-13(18)11(6-9)15-7-8-5-10(16)2-4-12(8)17/h1-7,16-18H. The zero-order valence-corrected chi connectivity index (χ0v) is 9.96. The van der Waals surface area contributed by atoms with Gasteiger partial charge in [0, 0.05) is 16.8 Å². The molecule has 0 spiro atoms. The van der Waals surface area contributed by atoms with E-state index >= 15 is 0 Å². The predicted molar refractivity (Wildman–Crippen MR) is 70.1 cm³/mol. The van der Waals surface area contributed by atoms with E-state index in [0.29, 0.717) is 10.6 Å². The van der Waals surface area contributed by atoms with E-state index in [9.17, 15) is 15.3 Å². The lowest BCUT2D eigenvalue weighted by molar-refractivity contribution is 0.459. The van der Waals surface area contributed by atoms with Crippen molar-refractivity contribution in [2.24, 2.45) is 4.99 Å². The maximum absolute atomic E-state index is 9.55. The molecule has 0 atom stereocenters. The average Bonchev–Trinajstić information content (AvgIpc) is 2.34. The van der Waals surface area contributed by atoms with Crippen LogP contribution in [0.5, 0.6) is 17.2 Å². The Hall–Kier alpha value is -2.20. The van der Waals surface area contributed by atoms with Crippen molar-refractivity contribution in [3.8, 4) is 17.2 Å². The molecule has 92 valence electrons. The van der Waals surface area contributed by atoms with Gasteiger partial charge in [0.15, 0.2) is 0 Å². The second-order valence-electron chi connectivity index (χ2n) is 3.63. The molecule has 0 saturated carbocycles. The summed E-state index contributed by atoms with van der Waals surface area (Å²) >= 11 is 5.78. The summed E-state index contributed by atoms with van der Waals surface area (Å²) in [6.07, 6.45) is 1.33. The first-order valence-electron chi connectivity index (χ1n) is 5.11. The van der Waals surface area contributed by atoms with Crippen molar-refractivity contribution in [1.82, 2.24) is 0 Å². The van der Waals surface area contributed by atoms with Crippen LogP contribution in [0.15, 0.2) is 41.4 Å². The summed E-state index contributed by atoms with van der Waals surface area (Å²) in [5.41, 5.74) is 0.625. The number of phenols is 3. The third kappa shape index (κ3) is 2.73. The van der Waals surface area contributed by atoms with Gasteiger partial charge in [-0.2, -0.15) is 0 Å². The van der Waals surface area contributed by atoms with Crippen LogP contribution in [-0.4, -0.2) is 21.5 Å². The molecule has 0 fully saturated rings. The molecule has 0 aliphatic carbocycles. The van der Waals surface area contributed by atoms with Crippen LogP contribution in [0.2, 0.25) is 5.02 Å². The van der Waals surface area contributed by atoms with Gasteiger partial charge in [-0.25, -0.2) is 0 Å². The Morgan fingerprint density at radius 3 is 2.44 bits per heavy atom. The van der Waals surface area contributed by atoms with Crippen molar-refractivity contribution < 1.29 is 15.3 Å². The number of rotatable bonds is 2. The summed E-state index contributed by atoms with van der Waals surface area (Å²) in [6, 6.07) is 8.55. The summed E-state index contributed by atoms with van der Waals surface area (Å²) in [5.74, 6) is -0.0158. The third-order valence-corrected chi connectivity index (χ3v) is 2.53. The fourth-order valence-corrected chi connectivity index (χ4v) is 1.55. The molecule has 0 aromatic heterocycles. The van der Waals surface area contributed by atoms with E-state index in [2.05, 4.69) is 4.99 Å². The molecule has 0 radical (unpaired) electrons. The lowest BCUT2D eigenvalue weighted by Gasteiger charge is -2.01. The first-order chi connectivity index (χ1) is 8.56. The van der Waals surface area contributed by atoms with E-state index in [0.717, 1.165) is 0 Å². The predicted octanol–water partition coefficient (Wildman–Crippen LogP) is 3.21. The van der Waals surface area contributed by atoms with Crippen LogP contribution in [0.1, 0.15) is 5.56 Å². The van der Waals surface area contributed by atoms with E-state index in [1.807, 2.05) is 0 Å². The SMILES string of the molecule is Oc1ccc(O)c(C=Nc2cc(Cl)ccc2O)c1. The third-order valence-electron chi connectivity index (χ3n) is 2.29. The Morgan fingerprint density at radius 2 is 1.67 bits per heavy atom. The van der Waals surface area contributed by atoms with Crippen molar-refractivity contribution in [2.75, 3.05) is 0 Å². The summed E-state index contributed by atoms with van der Waals surface area (Å²) in [5, 5.41) is 28.8. The Kier molecular flexibility index (Phi) is 3.39. The van der Waals surface area contributed by atoms with Gasteiger partial charge in [0.1, 0.15) is 22.9 Å². The second-order valence-corrected chi connectivity index (χ2v) is 4.07. The van der Waals surface area contributed by atoms with Gasteiger partial charge in [0.25, 0.3) is 0 Å². The topological polar surface area (TPSA) is 73.0 Å². The Bertz CT molecular complexity index is 558. The van der Waals surface area contributed by atoms with Crippen LogP contribution >= 0.6 is 11.6 Å². The minimum atomic E-state index is -0.0182. The molecule has 0 unspecified atom stereocenters. The highest BCUT2D eigenvalue weighted by Crippen LogP contribution is 2.29. The van der Waals surface area contributed by atoms with Crippen molar-refractivity contribution in [1.29, 1.82) is 0 Å². The molecule has 2 rings (SSSR count). The molecule has 0 heterocycles. The van der Waals surface area contributed by atoms with Gasteiger partial charge in [0.05, 0.1) is 0 Å². The average molecular weight is 264 g/mol. The molecule has 18 heavy (non-hydrogen) atoms. The van der Waals surface area contributed by atoms with Gasteiger partial charge in [-0.05, 0) is 36.4 Å². The zero-order valence-electron chi connectivity index (χ0n) is 9.21. The molecule has 0 aliphatic heterocycles. The molecular formula is C13H10ClNO3. The Morgan fingerprint density at radius 1 is 0.944 bits per heavy atom. The minimum Gasteiger partial charge on any atom is -0.508 e. The van der Waals surface area contributed by atoms with E-state index in [1.165, 1.54) is 36.5 Å². The van der Waals surface area contributed by atoms with E-state index in [1.54, 1.807) is 6.07 Å². The quantitative estimate of drug-likeness (QED) is 0.575. The van der Waals surface area contributed by atoms with Crippen LogP contribution in [-0.2, 0) is 0 Å². The lowest BCUT2D eigenvalue weighted by atomic mass is 10.2. The van der Waals surface area contributed by atoms with Crippen molar-refractivity contribution >= 4 is 23.5 Å². The van der Waals surface area contributed by atoms with Crippen LogP contribution in [0, 0.1) is 0 Å². The molecule has 0 aliphatic rings. The number of hydrogen-bond acceptors (Lipinski definition) is 4. The van der Waals surface area contributed by atoms with E-state index in [4.69, 9.17) is 11.6 Å². The molecule has 3 N–H and O–H groups in total. The van der Waals surface area contributed by atoms with Crippen LogP contribution < -0.4 is 0 Å². The number of phenolic OH excluding ortho intramolecular Hbond substituents is 3. The molecule has 5 heteroatoms. The maximum atomic E-state index is 9.55. The molecule has 0 saturated heterocycles. The van der Waals surface area contributed by atoms with Gasteiger partial charge in [-0.1, -0.05) is 11.6 Å². The molecule has 0 bridgehead atoms. The number of halogens is 1. The monoisotopic (exact) mass is 263 g/mol. The Labute approximate surface area is 108 Å². The fourth-order valence-electron chi connectivity index (χ4n) is 1.38. The van der Waals surface area contributed by atoms with E-state index < -0.39 is 0 Å². The normalized spacial score (nSPS) is 10.9. The molecular weight excluding hydrogens is 254 g/mol. The zero-order chi connectivity index (χ0) is 13.1. The smallest absolute Gasteiger partial charge is 0.141 e. The number of nitrogens with zero attached hydrogens (tertiary/aromatic N) is 1. The lowest BCUT2D eigenvalue weighted by Crippen LogP contribution is -1.82. The molecule has 0 amide bonds. The number of aromatic hydroxyl groups is 3. The second kappa shape index (κ2) is 4.98. The van der Waals surface area contributed by atoms with Gasteiger partial charge >= 0.3 is 0 Å². The first-order valence-corrected chi connectivity index (χ1v) is 5.48. The van der Waals surface area contributed by atoms with Crippen molar-refractivity contribution in [3.05, 3.63) is 47.0 Å². The maximum Gasteiger partial charge on any atom is 0.141 e. The summed E-state index contributed by atoms with van der Waals surface area (Å²) in [7, 11) is 0. The van der Waals surface area contributed by atoms with Gasteiger partial charge in [-0.15, -0.1) is 0 Å². The summed E-state index contributed by atoms with van der Waals surface area (Å²) in [6.45, 7) is 0. The van der Waals surface area contributed by atoms with Gasteiger partial charge < -0.3 is 15.3 Å². The molecule has 2 aromatic carbocycles. The number of aliphatic imine (C=N–C) groups is 1. The highest BCUT2D eigenvalue weighted by Gasteiger charge is 2.02. The van der Waals surface area contributed by atoms with Crippen LogP contribution in [0.3, 0.4) is 0 Å². The fraction of sp³-hybridized carbons (Fsp3) is 0. The molecule has 2 aromatic rings. The number of benzene rings is 2. The number of hydrogen-bond donors (Lipinski definition) is 3. The highest BCUT2D eigenvalue weighted by atomic mass is 35.5. The van der Waals surface area contributed by atoms with Crippen molar-refractivity contribution in [3.63, 3.8) is 0 Å².